The third kappa shape index (κ3) is 7.00. The number of halogens is 5. The molecule has 0 saturated heterocycles. The molecule has 0 bridgehead atoms. The number of benzene rings is 2. The molecule has 0 N–H and O–H groups in total. The van der Waals surface area contributed by atoms with Gasteiger partial charge < -0.3 is 18.9 Å². The maximum absolute atomic E-state index is 13.4. The van der Waals surface area contributed by atoms with Crippen LogP contribution in [0, 0.1) is 29.1 Å². The lowest BCUT2D eigenvalue weighted by atomic mass is 10.2. The van der Waals surface area contributed by atoms with Crippen LogP contribution >= 0.6 is 0 Å². The van der Waals surface area contributed by atoms with Crippen molar-refractivity contribution in [1.29, 1.82) is 0 Å². The van der Waals surface area contributed by atoms with Crippen molar-refractivity contribution in [3.05, 3.63) is 58.9 Å². The van der Waals surface area contributed by atoms with Gasteiger partial charge in [0.1, 0.15) is 18.6 Å². The predicted molar refractivity (Wildman–Crippen MR) is 95.4 cm³/mol. The van der Waals surface area contributed by atoms with Gasteiger partial charge in [-0.25, -0.2) is 13.2 Å². The molecule has 0 radical (unpaired) electrons. The molecule has 0 saturated carbocycles. The van der Waals surface area contributed by atoms with Gasteiger partial charge in [0.15, 0.2) is 0 Å². The quantitative estimate of drug-likeness (QED) is 0.0940. The first-order chi connectivity index (χ1) is 14.8. The molecule has 0 atom stereocenters. The first-order valence-corrected chi connectivity index (χ1v) is 8.90. The molecule has 0 aliphatic rings. The number of hydrogen-bond acceptors (Lipinski definition) is 6. The molecule has 31 heavy (non-hydrogen) atoms. The summed E-state index contributed by atoms with van der Waals surface area (Å²) in [5, 5.41) is 0. The first-order valence-electron chi connectivity index (χ1n) is 8.90. The highest BCUT2D eigenvalue weighted by atomic mass is 19.2. The predicted octanol–water partition coefficient (Wildman–Crippen LogP) is 3.60. The summed E-state index contributed by atoms with van der Waals surface area (Å²) in [7, 11) is 0. The lowest BCUT2D eigenvalue weighted by Crippen LogP contribution is -2.16. The maximum atomic E-state index is 13.4. The summed E-state index contributed by atoms with van der Waals surface area (Å²) in [6.07, 6.45) is 0.227. The van der Waals surface area contributed by atoms with E-state index < -0.39 is 47.2 Å². The molecule has 6 nitrogen and oxygen atoms in total. The molecule has 0 spiro atoms. The second kappa shape index (κ2) is 12.0. The average Bonchev–Trinajstić information content (AvgIpc) is 2.78. The van der Waals surface area contributed by atoms with E-state index in [-0.39, 0.29) is 33.0 Å². The van der Waals surface area contributed by atoms with Crippen molar-refractivity contribution in [2.24, 2.45) is 0 Å². The van der Waals surface area contributed by atoms with Gasteiger partial charge >= 0.3 is 5.97 Å². The summed E-state index contributed by atoms with van der Waals surface area (Å²) in [4.78, 5) is 22.1. The van der Waals surface area contributed by atoms with E-state index in [0.29, 0.717) is 17.6 Å². The van der Waals surface area contributed by atoms with Gasteiger partial charge in [0.05, 0.1) is 32.8 Å². The number of rotatable bonds is 12. The average molecular weight is 448 g/mol. The molecule has 0 amide bonds. The van der Waals surface area contributed by atoms with Gasteiger partial charge in [-0.3, -0.25) is 9.59 Å². The van der Waals surface area contributed by atoms with Crippen molar-refractivity contribution >= 4 is 12.3 Å². The molecule has 0 aliphatic carbocycles. The van der Waals surface area contributed by atoms with E-state index in [9.17, 15) is 31.5 Å². The number of aldehydes is 1. The standard InChI is InChI=1S/C20H17F5O6/c21-15-16(22)18(24)20(19(25)17(15)23)31-14(27)5-6-28-7-8-29-9-10-30-13-3-1-12(11-26)2-4-13/h1-4,11H,5-10H2. The normalized spacial score (nSPS) is 10.7. The van der Waals surface area contributed by atoms with Gasteiger partial charge in [0.2, 0.25) is 34.8 Å². The highest BCUT2D eigenvalue weighted by molar-refractivity contribution is 5.74. The lowest BCUT2D eigenvalue weighted by Gasteiger charge is -2.09. The molecule has 0 aromatic heterocycles. The molecule has 11 heteroatoms. The fourth-order valence-electron chi connectivity index (χ4n) is 2.18. The van der Waals surface area contributed by atoms with Gasteiger partial charge in [-0.15, -0.1) is 0 Å². The number of carbonyl (C=O) groups is 2. The van der Waals surface area contributed by atoms with Crippen molar-refractivity contribution in [2.75, 3.05) is 33.0 Å². The lowest BCUT2D eigenvalue weighted by molar-refractivity contribution is -0.136. The second-order valence-corrected chi connectivity index (χ2v) is 5.88. The number of ether oxygens (including phenoxy) is 4. The Morgan fingerprint density at radius 1 is 0.742 bits per heavy atom. The number of carbonyl (C=O) groups excluding carboxylic acids is 2. The molecular formula is C20H17F5O6. The van der Waals surface area contributed by atoms with E-state index in [2.05, 4.69) is 4.74 Å². The molecule has 0 heterocycles. The van der Waals surface area contributed by atoms with Crippen LogP contribution in [0.4, 0.5) is 22.0 Å². The minimum atomic E-state index is -2.35. The zero-order valence-electron chi connectivity index (χ0n) is 16.0. The van der Waals surface area contributed by atoms with Gasteiger partial charge in [0, 0.05) is 5.56 Å². The topological polar surface area (TPSA) is 71.1 Å². The van der Waals surface area contributed by atoms with Crippen LogP contribution in [0.2, 0.25) is 0 Å². The van der Waals surface area contributed by atoms with Gasteiger partial charge in [0.25, 0.3) is 0 Å². The summed E-state index contributed by atoms with van der Waals surface area (Å²) in [5.74, 6) is -13.6. The molecular weight excluding hydrogens is 431 g/mol. The first kappa shape index (κ1) is 24.2. The third-order valence-electron chi connectivity index (χ3n) is 3.72. The smallest absolute Gasteiger partial charge is 0.313 e. The summed E-state index contributed by atoms with van der Waals surface area (Å²) < 4.78 is 85.8. The Labute approximate surface area is 173 Å². The zero-order valence-corrected chi connectivity index (χ0v) is 16.0. The van der Waals surface area contributed by atoms with Crippen LogP contribution in [-0.4, -0.2) is 45.3 Å². The minimum Gasteiger partial charge on any atom is -0.491 e. The van der Waals surface area contributed by atoms with Crippen molar-refractivity contribution < 1.29 is 50.5 Å². The van der Waals surface area contributed by atoms with Crippen LogP contribution in [0.1, 0.15) is 16.8 Å². The van der Waals surface area contributed by atoms with Crippen LogP contribution in [0.25, 0.3) is 0 Å². The monoisotopic (exact) mass is 448 g/mol. The Kier molecular flexibility index (Phi) is 9.35. The SMILES string of the molecule is O=Cc1ccc(OCCOCCOCCC(=O)Oc2c(F)c(F)c(F)c(F)c2F)cc1. The van der Waals surface area contributed by atoms with E-state index in [0.717, 1.165) is 0 Å². The largest absolute Gasteiger partial charge is 0.491 e. The number of hydrogen-bond donors (Lipinski definition) is 0. The van der Waals surface area contributed by atoms with Crippen molar-refractivity contribution in [3.8, 4) is 11.5 Å². The van der Waals surface area contributed by atoms with Gasteiger partial charge in [-0.05, 0) is 24.3 Å². The van der Waals surface area contributed by atoms with Crippen molar-refractivity contribution in [2.45, 2.75) is 6.42 Å². The fourth-order valence-corrected chi connectivity index (χ4v) is 2.18. The molecule has 168 valence electrons. The summed E-state index contributed by atoms with van der Waals surface area (Å²) in [5.41, 5.74) is 0.525. The van der Waals surface area contributed by atoms with E-state index >= 15 is 0 Å². The molecule has 2 rings (SSSR count). The maximum Gasteiger partial charge on any atom is 0.313 e. The molecule has 0 fully saturated rings. The molecule has 2 aromatic rings. The van der Waals surface area contributed by atoms with Crippen molar-refractivity contribution in [3.63, 3.8) is 0 Å². The summed E-state index contributed by atoms with van der Waals surface area (Å²) in [6, 6.07) is 6.48. The molecule has 0 aliphatic heterocycles. The highest BCUT2D eigenvalue weighted by Crippen LogP contribution is 2.29. The Bertz CT molecular complexity index is 875. The molecule has 0 unspecified atom stereocenters. The van der Waals surface area contributed by atoms with E-state index in [1.165, 1.54) is 0 Å². The van der Waals surface area contributed by atoms with Gasteiger partial charge in [-0.1, -0.05) is 0 Å². The third-order valence-corrected chi connectivity index (χ3v) is 3.72. The van der Waals surface area contributed by atoms with E-state index in [4.69, 9.17) is 14.2 Å². The van der Waals surface area contributed by atoms with E-state index in [1.807, 2.05) is 0 Å². The van der Waals surface area contributed by atoms with Crippen LogP contribution in [0.3, 0.4) is 0 Å². The summed E-state index contributed by atoms with van der Waals surface area (Å²) in [6.45, 7) is 0.483. The number of esters is 1. The second-order valence-electron chi connectivity index (χ2n) is 5.88. The summed E-state index contributed by atoms with van der Waals surface area (Å²) >= 11 is 0. The van der Waals surface area contributed by atoms with Gasteiger partial charge in [-0.2, -0.15) is 8.78 Å². The van der Waals surface area contributed by atoms with Crippen LogP contribution in [-0.2, 0) is 14.3 Å². The van der Waals surface area contributed by atoms with E-state index in [1.54, 1.807) is 24.3 Å². The fraction of sp³-hybridized carbons (Fsp3) is 0.300. The highest BCUT2D eigenvalue weighted by Gasteiger charge is 2.28. The Hall–Kier alpha value is -3.05. The van der Waals surface area contributed by atoms with Crippen LogP contribution in [0.5, 0.6) is 11.5 Å². The van der Waals surface area contributed by atoms with Crippen LogP contribution in [0.15, 0.2) is 24.3 Å². The zero-order chi connectivity index (χ0) is 22.8. The molecule has 2 aromatic carbocycles. The minimum absolute atomic E-state index is 0.0733. The Balaban J connectivity index is 1.59. The van der Waals surface area contributed by atoms with Crippen LogP contribution < -0.4 is 9.47 Å². The van der Waals surface area contributed by atoms with Crippen molar-refractivity contribution in [1.82, 2.24) is 0 Å². The Morgan fingerprint density at radius 2 is 1.26 bits per heavy atom. The Morgan fingerprint density at radius 3 is 1.84 bits per heavy atom.